The number of hydrogen-bond donors (Lipinski definition) is 2. The molecule has 0 unspecified atom stereocenters. The maximum Gasteiger partial charge on any atom is 0.120 e. The molecule has 0 fully saturated rings. The Morgan fingerprint density at radius 2 is 2.21 bits per heavy atom. The zero-order valence-corrected chi connectivity index (χ0v) is 8.40. The van der Waals surface area contributed by atoms with Gasteiger partial charge >= 0.3 is 0 Å². The fourth-order valence-electron chi connectivity index (χ4n) is 1.07. The van der Waals surface area contributed by atoms with E-state index in [1.165, 1.54) is 5.01 Å². The lowest BCUT2D eigenvalue weighted by molar-refractivity contribution is 0.415. The summed E-state index contributed by atoms with van der Waals surface area (Å²) >= 11 is 0. The first-order chi connectivity index (χ1) is 6.63. The molecule has 0 atom stereocenters. The van der Waals surface area contributed by atoms with Crippen molar-refractivity contribution >= 4 is 5.69 Å². The molecule has 76 valence electrons. The topological polar surface area (TPSA) is 64.5 Å². The Labute approximate surface area is 83.7 Å². The van der Waals surface area contributed by atoms with Gasteiger partial charge in [-0.2, -0.15) is 0 Å². The Morgan fingerprint density at radius 3 is 2.79 bits per heavy atom. The van der Waals surface area contributed by atoms with E-state index in [1.54, 1.807) is 20.2 Å². The highest BCUT2D eigenvalue weighted by Crippen LogP contribution is 2.19. The summed E-state index contributed by atoms with van der Waals surface area (Å²) in [4.78, 5) is 0. The van der Waals surface area contributed by atoms with E-state index in [0.29, 0.717) is 5.70 Å². The minimum Gasteiger partial charge on any atom is -0.497 e. The quantitative estimate of drug-likeness (QED) is 0.559. The van der Waals surface area contributed by atoms with Crippen LogP contribution in [0.2, 0.25) is 0 Å². The monoisotopic (exact) mass is 193 g/mol. The summed E-state index contributed by atoms with van der Waals surface area (Å²) in [6.07, 6.45) is 1.65. The second kappa shape index (κ2) is 4.53. The van der Waals surface area contributed by atoms with Crippen LogP contribution in [0.1, 0.15) is 6.92 Å². The van der Waals surface area contributed by atoms with Gasteiger partial charge in [0.25, 0.3) is 0 Å². The molecule has 0 saturated carbocycles. The van der Waals surface area contributed by atoms with E-state index < -0.39 is 0 Å². The van der Waals surface area contributed by atoms with Crippen LogP contribution >= 0.6 is 0 Å². The molecule has 0 aromatic heterocycles. The average Bonchev–Trinajstić information content (AvgIpc) is 2.17. The largest absolute Gasteiger partial charge is 0.497 e. The number of allylic oxidation sites excluding steroid dienone is 1. The van der Waals surface area contributed by atoms with Crippen LogP contribution in [0.4, 0.5) is 5.69 Å². The van der Waals surface area contributed by atoms with E-state index in [1.807, 2.05) is 24.3 Å². The second-order valence-electron chi connectivity index (χ2n) is 2.98. The molecule has 0 aliphatic heterocycles. The number of hydrogen-bond acceptors (Lipinski definition) is 4. The zero-order chi connectivity index (χ0) is 10.6. The standard InChI is InChI=1S/C10H15N3O/c1-8(11)7-13(12)9-4-3-5-10(6-9)14-2/h3-7H,11-12H2,1-2H3/b8-7-. The van der Waals surface area contributed by atoms with Gasteiger partial charge in [0.1, 0.15) is 5.75 Å². The van der Waals surface area contributed by atoms with E-state index in [9.17, 15) is 0 Å². The molecule has 4 heteroatoms. The van der Waals surface area contributed by atoms with Gasteiger partial charge in [-0.15, -0.1) is 0 Å². The fraction of sp³-hybridized carbons (Fsp3) is 0.200. The van der Waals surface area contributed by atoms with Crippen LogP contribution in [0, 0.1) is 0 Å². The molecular weight excluding hydrogens is 178 g/mol. The van der Waals surface area contributed by atoms with Crippen molar-refractivity contribution in [3.63, 3.8) is 0 Å². The maximum absolute atomic E-state index is 5.74. The molecule has 14 heavy (non-hydrogen) atoms. The van der Waals surface area contributed by atoms with Crippen LogP contribution in [0.5, 0.6) is 5.75 Å². The number of benzene rings is 1. The van der Waals surface area contributed by atoms with Gasteiger partial charge in [-0.3, -0.25) is 5.01 Å². The minimum atomic E-state index is 0.648. The van der Waals surface area contributed by atoms with E-state index in [-0.39, 0.29) is 0 Å². The Kier molecular flexibility index (Phi) is 3.36. The molecule has 1 aromatic rings. The Bertz CT molecular complexity index is 332. The van der Waals surface area contributed by atoms with E-state index in [2.05, 4.69) is 0 Å². The van der Waals surface area contributed by atoms with Crippen molar-refractivity contribution in [2.75, 3.05) is 12.1 Å². The van der Waals surface area contributed by atoms with Crippen LogP contribution in [-0.2, 0) is 0 Å². The van der Waals surface area contributed by atoms with Crippen molar-refractivity contribution in [2.24, 2.45) is 11.6 Å². The molecule has 0 aliphatic rings. The van der Waals surface area contributed by atoms with Crippen molar-refractivity contribution in [3.8, 4) is 5.75 Å². The van der Waals surface area contributed by atoms with Gasteiger partial charge < -0.3 is 10.5 Å². The lowest BCUT2D eigenvalue weighted by atomic mass is 10.3. The first-order valence-corrected chi connectivity index (χ1v) is 4.25. The van der Waals surface area contributed by atoms with Crippen LogP contribution in [-0.4, -0.2) is 7.11 Å². The summed E-state index contributed by atoms with van der Waals surface area (Å²) in [6.45, 7) is 1.78. The van der Waals surface area contributed by atoms with Crippen molar-refractivity contribution in [1.82, 2.24) is 0 Å². The van der Waals surface area contributed by atoms with E-state index >= 15 is 0 Å². The highest BCUT2D eigenvalue weighted by Gasteiger charge is 1.99. The highest BCUT2D eigenvalue weighted by atomic mass is 16.5. The number of nitrogens with two attached hydrogens (primary N) is 2. The second-order valence-corrected chi connectivity index (χ2v) is 2.98. The summed E-state index contributed by atoms with van der Waals surface area (Å²) in [5, 5.41) is 1.46. The van der Waals surface area contributed by atoms with Gasteiger partial charge in [-0.25, -0.2) is 5.84 Å². The predicted octanol–water partition coefficient (Wildman–Crippen LogP) is 1.20. The first-order valence-electron chi connectivity index (χ1n) is 4.25. The molecule has 1 rings (SSSR count). The minimum absolute atomic E-state index is 0.648. The molecule has 0 spiro atoms. The van der Waals surface area contributed by atoms with Gasteiger partial charge in [0, 0.05) is 18.0 Å². The van der Waals surface area contributed by atoms with E-state index in [4.69, 9.17) is 16.3 Å². The molecule has 0 heterocycles. The summed E-state index contributed by atoms with van der Waals surface area (Å²) in [6, 6.07) is 7.44. The van der Waals surface area contributed by atoms with Gasteiger partial charge in [0.15, 0.2) is 0 Å². The van der Waals surface area contributed by atoms with E-state index in [0.717, 1.165) is 11.4 Å². The molecule has 0 aliphatic carbocycles. The third kappa shape index (κ3) is 2.67. The Hall–Kier alpha value is -1.68. The molecule has 0 saturated heterocycles. The molecule has 0 amide bonds. The number of methoxy groups -OCH3 is 1. The van der Waals surface area contributed by atoms with Gasteiger partial charge in [-0.1, -0.05) is 6.07 Å². The maximum atomic E-state index is 5.74. The number of rotatable bonds is 3. The molecule has 4 nitrogen and oxygen atoms in total. The van der Waals surface area contributed by atoms with Gasteiger partial charge in [-0.05, 0) is 19.1 Å². The lowest BCUT2D eigenvalue weighted by Crippen LogP contribution is -2.25. The molecular formula is C10H15N3O. The zero-order valence-electron chi connectivity index (χ0n) is 8.40. The number of ether oxygens (including phenoxy) is 1. The summed E-state index contributed by atoms with van der Waals surface area (Å²) < 4.78 is 5.08. The molecule has 0 radical (unpaired) electrons. The van der Waals surface area contributed by atoms with Gasteiger partial charge in [0.05, 0.1) is 12.8 Å². The summed E-state index contributed by atoms with van der Waals surface area (Å²) in [5.74, 6) is 6.51. The fourth-order valence-corrected chi connectivity index (χ4v) is 1.07. The summed E-state index contributed by atoms with van der Waals surface area (Å²) in [5.41, 5.74) is 6.99. The first kappa shape index (κ1) is 10.4. The van der Waals surface area contributed by atoms with Crippen molar-refractivity contribution < 1.29 is 4.74 Å². The predicted molar refractivity (Wildman–Crippen MR) is 57.6 cm³/mol. The average molecular weight is 193 g/mol. The number of hydrazine groups is 1. The highest BCUT2D eigenvalue weighted by molar-refractivity contribution is 5.51. The third-order valence-corrected chi connectivity index (χ3v) is 1.69. The number of nitrogens with zero attached hydrogens (tertiary/aromatic N) is 1. The van der Waals surface area contributed by atoms with Crippen LogP contribution in [0.3, 0.4) is 0 Å². The third-order valence-electron chi connectivity index (χ3n) is 1.69. The normalized spacial score (nSPS) is 11.2. The van der Waals surface area contributed by atoms with Crippen molar-refractivity contribution in [1.29, 1.82) is 0 Å². The molecule has 1 aromatic carbocycles. The Morgan fingerprint density at radius 1 is 1.50 bits per heavy atom. The lowest BCUT2D eigenvalue weighted by Gasteiger charge is -2.14. The SMILES string of the molecule is COc1cccc(N(N)/C=C(/C)N)c1. The molecule has 4 N–H and O–H groups in total. The summed E-state index contributed by atoms with van der Waals surface area (Å²) in [7, 11) is 1.62. The smallest absolute Gasteiger partial charge is 0.120 e. The van der Waals surface area contributed by atoms with Crippen molar-refractivity contribution in [2.45, 2.75) is 6.92 Å². The van der Waals surface area contributed by atoms with Gasteiger partial charge in [0.2, 0.25) is 0 Å². The van der Waals surface area contributed by atoms with Crippen LogP contribution in [0.25, 0.3) is 0 Å². The Balaban J connectivity index is 2.89. The van der Waals surface area contributed by atoms with Crippen LogP contribution in [0.15, 0.2) is 36.2 Å². The van der Waals surface area contributed by atoms with Crippen LogP contribution < -0.4 is 21.3 Å². The van der Waals surface area contributed by atoms with Crippen molar-refractivity contribution in [3.05, 3.63) is 36.2 Å². The number of anilines is 1. The molecule has 0 bridgehead atoms.